The third-order valence-electron chi connectivity index (χ3n) is 4.49. The SMILES string of the molecule is Cc1ccc(C(=O)CCC(=O)NC(C)c2ccc(S(N)(=O)=O)cc2)cc1C. The highest BCUT2D eigenvalue weighted by molar-refractivity contribution is 7.89. The largest absolute Gasteiger partial charge is 0.350 e. The van der Waals surface area contributed by atoms with Gasteiger partial charge in [0.15, 0.2) is 5.78 Å². The molecule has 0 aliphatic heterocycles. The van der Waals surface area contributed by atoms with Crippen LogP contribution < -0.4 is 10.5 Å². The molecule has 2 rings (SSSR count). The first kappa shape index (κ1) is 20.8. The van der Waals surface area contributed by atoms with E-state index in [2.05, 4.69) is 5.32 Å². The van der Waals surface area contributed by atoms with Gasteiger partial charge in [-0.25, -0.2) is 13.6 Å². The predicted octanol–water partition coefficient (Wildman–Crippen LogP) is 2.79. The van der Waals surface area contributed by atoms with Gasteiger partial charge in [-0.2, -0.15) is 0 Å². The molecule has 144 valence electrons. The smallest absolute Gasteiger partial charge is 0.238 e. The number of nitrogens with two attached hydrogens (primary N) is 1. The Morgan fingerprint density at radius 3 is 2.19 bits per heavy atom. The first-order valence-electron chi connectivity index (χ1n) is 8.60. The molecule has 0 spiro atoms. The highest BCUT2D eigenvalue weighted by atomic mass is 32.2. The van der Waals surface area contributed by atoms with Crippen LogP contribution in [0.1, 0.15) is 52.9 Å². The molecule has 0 bridgehead atoms. The van der Waals surface area contributed by atoms with Crippen LogP contribution >= 0.6 is 0 Å². The first-order valence-corrected chi connectivity index (χ1v) is 10.1. The highest BCUT2D eigenvalue weighted by Gasteiger charge is 2.14. The number of ketones is 1. The third kappa shape index (κ3) is 5.74. The van der Waals surface area contributed by atoms with Gasteiger partial charge >= 0.3 is 0 Å². The fourth-order valence-corrected chi connectivity index (χ4v) is 3.14. The zero-order chi connectivity index (χ0) is 20.2. The minimum absolute atomic E-state index is 0.0174. The Morgan fingerprint density at radius 1 is 1.00 bits per heavy atom. The molecule has 1 amide bonds. The second kappa shape index (κ2) is 8.45. The summed E-state index contributed by atoms with van der Waals surface area (Å²) in [5.74, 6) is -0.311. The summed E-state index contributed by atoms with van der Waals surface area (Å²) in [6.45, 7) is 5.71. The summed E-state index contributed by atoms with van der Waals surface area (Å²) in [4.78, 5) is 24.4. The molecule has 0 aliphatic rings. The van der Waals surface area contributed by atoms with Crippen LogP contribution in [-0.2, 0) is 14.8 Å². The minimum atomic E-state index is -3.74. The van der Waals surface area contributed by atoms with Crippen LogP contribution in [0.5, 0.6) is 0 Å². The number of Topliss-reactive ketones (excluding diaryl/α,β-unsaturated/α-hetero) is 1. The van der Waals surface area contributed by atoms with Gasteiger partial charge in [-0.05, 0) is 55.7 Å². The van der Waals surface area contributed by atoms with Crippen LogP contribution in [0.25, 0.3) is 0 Å². The fraction of sp³-hybridized carbons (Fsp3) is 0.300. The summed E-state index contributed by atoms with van der Waals surface area (Å²) >= 11 is 0. The molecule has 2 aromatic carbocycles. The monoisotopic (exact) mass is 388 g/mol. The number of hydrogen-bond donors (Lipinski definition) is 2. The summed E-state index contributed by atoms with van der Waals surface area (Å²) in [5.41, 5.74) is 3.52. The van der Waals surface area contributed by atoms with E-state index in [-0.39, 0.29) is 35.5 Å². The lowest BCUT2D eigenvalue weighted by atomic mass is 10.0. The van der Waals surface area contributed by atoms with Gasteiger partial charge in [-0.1, -0.05) is 24.3 Å². The van der Waals surface area contributed by atoms with Gasteiger partial charge in [-0.15, -0.1) is 0 Å². The van der Waals surface area contributed by atoms with Crippen molar-refractivity contribution >= 4 is 21.7 Å². The molecule has 1 atom stereocenters. The fourth-order valence-electron chi connectivity index (χ4n) is 2.63. The third-order valence-corrected chi connectivity index (χ3v) is 5.42. The summed E-state index contributed by atoms with van der Waals surface area (Å²) in [5, 5.41) is 7.88. The molecule has 2 aromatic rings. The standard InChI is InChI=1S/C20H24N2O4S/c1-13-4-5-17(12-14(13)2)19(23)10-11-20(24)22-15(3)16-6-8-18(9-7-16)27(21,25)26/h4-9,12,15H,10-11H2,1-3H3,(H,22,24)(H2,21,25,26). The van der Waals surface area contributed by atoms with Crippen molar-refractivity contribution in [1.82, 2.24) is 5.32 Å². The van der Waals surface area contributed by atoms with Gasteiger partial charge in [-0.3, -0.25) is 9.59 Å². The first-order chi connectivity index (χ1) is 12.6. The highest BCUT2D eigenvalue weighted by Crippen LogP contribution is 2.16. The lowest BCUT2D eigenvalue weighted by Gasteiger charge is -2.14. The van der Waals surface area contributed by atoms with E-state index in [9.17, 15) is 18.0 Å². The Kier molecular flexibility index (Phi) is 6.51. The van der Waals surface area contributed by atoms with Crippen molar-refractivity contribution < 1.29 is 18.0 Å². The number of hydrogen-bond acceptors (Lipinski definition) is 4. The van der Waals surface area contributed by atoms with E-state index in [1.165, 1.54) is 12.1 Å². The molecule has 0 heterocycles. The number of benzene rings is 2. The van der Waals surface area contributed by atoms with E-state index in [1.807, 2.05) is 26.0 Å². The number of carbonyl (C=O) groups is 2. The van der Waals surface area contributed by atoms with E-state index < -0.39 is 10.0 Å². The van der Waals surface area contributed by atoms with Gasteiger partial charge in [0.25, 0.3) is 0 Å². The van der Waals surface area contributed by atoms with Crippen LogP contribution in [0.15, 0.2) is 47.4 Å². The summed E-state index contributed by atoms with van der Waals surface area (Å²) in [6.07, 6.45) is 0.219. The molecular weight excluding hydrogens is 364 g/mol. The van der Waals surface area contributed by atoms with Crippen LogP contribution in [-0.4, -0.2) is 20.1 Å². The maximum atomic E-state index is 12.3. The number of rotatable bonds is 7. The van der Waals surface area contributed by atoms with E-state index in [0.717, 1.165) is 16.7 Å². The van der Waals surface area contributed by atoms with Crippen molar-refractivity contribution in [3.63, 3.8) is 0 Å². The molecule has 0 radical (unpaired) electrons. The topological polar surface area (TPSA) is 106 Å². The Labute approximate surface area is 159 Å². The Morgan fingerprint density at radius 2 is 1.63 bits per heavy atom. The van der Waals surface area contributed by atoms with Crippen LogP contribution in [0.4, 0.5) is 0 Å². The number of carbonyl (C=O) groups excluding carboxylic acids is 2. The number of primary sulfonamides is 1. The van der Waals surface area contributed by atoms with Gasteiger partial charge in [0.2, 0.25) is 15.9 Å². The van der Waals surface area contributed by atoms with Crippen molar-refractivity contribution in [2.24, 2.45) is 5.14 Å². The summed E-state index contributed by atoms with van der Waals surface area (Å²) < 4.78 is 22.5. The van der Waals surface area contributed by atoms with E-state index >= 15 is 0 Å². The molecule has 3 N–H and O–H groups in total. The average Bonchev–Trinajstić information content (AvgIpc) is 2.61. The van der Waals surface area contributed by atoms with Gasteiger partial charge < -0.3 is 5.32 Å². The van der Waals surface area contributed by atoms with Crippen molar-refractivity contribution in [3.8, 4) is 0 Å². The summed E-state index contributed by atoms with van der Waals surface area (Å²) in [6, 6.07) is 11.2. The van der Waals surface area contributed by atoms with Crippen molar-refractivity contribution in [2.45, 2.75) is 44.6 Å². The van der Waals surface area contributed by atoms with E-state index in [1.54, 1.807) is 25.1 Å². The normalized spacial score (nSPS) is 12.4. The molecule has 6 nitrogen and oxygen atoms in total. The maximum Gasteiger partial charge on any atom is 0.238 e. The van der Waals surface area contributed by atoms with Gasteiger partial charge in [0.05, 0.1) is 10.9 Å². The minimum Gasteiger partial charge on any atom is -0.350 e. The second-order valence-corrected chi connectivity index (χ2v) is 8.19. The van der Waals surface area contributed by atoms with Gasteiger partial charge in [0, 0.05) is 18.4 Å². The van der Waals surface area contributed by atoms with Crippen molar-refractivity contribution in [1.29, 1.82) is 0 Å². The van der Waals surface area contributed by atoms with Crippen LogP contribution in [0, 0.1) is 13.8 Å². The molecule has 0 fully saturated rings. The zero-order valence-corrected chi connectivity index (χ0v) is 16.5. The molecule has 7 heteroatoms. The molecule has 0 saturated heterocycles. The Hall–Kier alpha value is -2.51. The molecule has 0 aromatic heterocycles. The lowest BCUT2D eigenvalue weighted by Crippen LogP contribution is -2.27. The second-order valence-electron chi connectivity index (χ2n) is 6.63. The van der Waals surface area contributed by atoms with Crippen molar-refractivity contribution in [3.05, 3.63) is 64.7 Å². The average molecular weight is 388 g/mol. The zero-order valence-electron chi connectivity index (χ0n) is 15.7. The van der Waals surface area contributed by atoms with Crippen LogP contribution in [0.3, 0.4) is 0 Å². The molecule has 1 unspecified atom stereocenters. The lowest BCUT2D eigenvalue weighted by molar-refractivity contribution is -0.121. The summed E-state index contributed by atoms with van der Waals surface area (Å²) in [7, 11) is -3.74. The number of amides is 1. The number of sulfonamides is 1. The van der Waals surface area contributed by atoms with Crippen molar-refractivity contribution in [2.75, 3.05) is 0 Å². The Balaban J connectivity index is 1.91. The molecule has 0 saturated carbocycles. The quantitative estimate of drug-likeness (QED) is 0.711. The molecule has 0 aliphatic carbocycles. The van der Waals surface area contributed by atoms with E-state index in [4.69, 9.17) is 5.14 Å². The molecular formula is C20H24N2O4S. The molecule has 27 heavy (non-hydrogen) atoms. The van der Waals surface area contributed by atoms with E-state index in [0.29, 0.717) is 5.56 Å². The maximum absolute atomic E-state index is 12.3. The predicted molar refractivity (Wildman–Crippen MR) is 104 cm³/mol. The number of nitrogens with one attached hydrogen (secondary N) is 1. The number of aryl methyl sites for hydroxylation is 2. The van der Waals surface area contributed by atoms with Crippen LogP contribution in [0.2, 0.25) is 0 Å². The van der Waals surface area contributed by atoms with Gasteiger partial charge in [0.1, 0.15) is 0 Å². The Bertz CT molecular complexity index is 950.